The van der Waals surface area contributed by atoms with Gasteiger partial charge in [0.05, 0.1) is 6.20 Å². The van der Waals surface area contributed by atoms with Crippen molar-refractivity contribution in [2.24, 2.45) is 0 Å². The third-order valence-corrected chi connectivity index (χ3v) is 2.80. The van der Waals surface area contributed by atoms with Crippen molar-refractivity contribution < 1.29 is 9.59 Å². The van der Waals surface area contributed by atoms with Gasteiger partial charge in [-0.2, -0.15) is 0 Å². The normalized spacial score (nSPS) is 10.1. The summed E-state index contributed by atoms with van der Waals surface area (Å²) in [4.78, 5) is 22.6. The standard InChI is InChI=1S/C12H12BrN5O2/c1-8(19)14-11-6-18(17-16-11)7-12(20)15-10-4-2-9(13)3-5-10/h2-6H,7H2,1H3,(H,14,19)(H,15,20). The average molecular weight is 338 g/mol. The van der Waals surface area contributed by atoms with Crippen LogP contribution in [-0.2, 0) is 16.1 Å². The van der Waals surface area contributed by atoms with Crippen LogP contribution in [0.1, 0.15) is 6.92 Å². The second kappa shape index (κ2) is 6.29. The third kappa shape index (κ3) is 4.16. The molecular formula is C12H12BrN5O2. The molecule has 1 aromatic carbocycles. The molecule has 0 aliphatic rings. The maximum atomic E-state index is 11.8. The molecule has 0 fully saturated rings. The Morgan fingerprint density at radius 2 is 1.95 bits per heavy atom. The Balaban J connectivity index is 1.92. The lowest BCUT2D eigenvalue weighted by atomic mass is 10.3. The molecule has 2 amide bonds. The summed E-state index contributed by atoms with van der Waals surface area (Å²) < 4.78 is 2.28. The van der Waals surface area contributed by atoms with Crippen LogP contribution in [0.25, 0.3) is 0 Å². The Morgan fingerprint density at radius 1 is 1.25 bits per heavy atom. The van der Waals surface area contributed by atoms with Crippen LogP contribution in [0.15, 0.2) is 34.9 Å². The lowest BCUT2D eigenvalue weighted by Crippen LogP contribution is -2.19. The van der Waals surface area contributed by atoms with Gasteiger partial charge >= 0.3 is 0 Å². The molecule has 20 heavy (non-hydrogen) atoms. The lowest BCUT2D eigenvalue weighted by molar-refractivity contribution is -0.117. The maximum Gasteiger partial charge on any atom is 0.246 e. The SMILES string of the molecule is CC(=O)Nc1cn(CC(=O)Nc2ccc(Br)cc2)nn1. The van der Waals surface area contributed by atoms with Crippen LogP contribution < -0.4 is 10.6 Å². The molecule has 2 aromatic rings. The van der Waals surface area contributed by atoms with E-state index in [2.05, 4.69) is 36.9 Å². The predicted molar refractivity (Wildman–Crippen MR) is 77.1 cm³/mol. The smallest absolute Gasteiger partial charge is 0.246 e. The summed E-state index contributed by atoms with van der Waals surface area (Å²) >= 11 is 3.32. The molecule has 0 aliphatic heterocycles. The van der Waals surface area contributed by atoms with Crippen molar-refractivity contribution in [1.29, 1.82) is 0 Å². The number of nitrogens with zero attached hydrogens (tertiary/aromatic N) is 3. The summed E-state index contributed by atoms with van der Waals surface area (Å²) in [6.45, 7) is 1.39. The molecule has 1 heterocycles. The van der Waals surface area contributed by atoms with Crippen molar-refractivity contribution >= 4 is 39.2 Å². The van der Waals surface area contributed by atoms with E-state index in [1.165, 1.54) is 17.8 Å². The molecule has 2 rings (SSSR count). The van der Waals surface area contributed by atoms with E-state index in [0.29, 0.717) is 11.5 Å². The minimum atomic E-state index is -0.239. The van der Waals surface area contributed by atoms with Crippen LogP contribution in [0.3, 0.4) is 0 Å². The van der Waals surface area contributed by atoms with Crippen molar-refractivity contribution in [3.8, 4) is 0 Å². The van der Waals surface area contributed by atoms with Crippen LogP contribution in [0, 0.1) is 0 Å². The highest BCUT2D eigenvalue weighted by molar-refractivity contribution is 9.10. The van der Waals surface area contributed by atoms with Gasteiger partial charge in [-0.15, -0.1) is 5.10 Å². The monoisotopic (exact) mass is 337 g/mol. The van der Waals surface area contributed by atoms with Gasteiger partial charge in [-0.25, -0.2) is 4.68 Å². The molecular weight excluding hydrogens is 326 g/mol. The number of nitrogens with one attached hydrogen (secondary N) is 2. The van der Waals surface area contributed by atoms with E-state index in [1.807, 2.05) is 12.1 Å². The quantitative estimate of drug-likeness (QED) is 0.887. The Bertz CT molecular complexity index is 623. The molecule has 0 bridgehead atoms. The van der Waals surface area contributed by atoms with E-state index in [-0.39, 0.29) is 18.4 Å². The first-order valence-corrected chi connectivity index (χ1v) is 6.55. The van der Waals surface area contributed by atoms with Gasteiger partial charge in [0, 0.05) is 17.1 Å². The summed E-state index contributed by atoms with van der Waals surface area (Å²) in [5.74, 6) is -0.156. The minimum absolute atomic E-state index is 0.0165. The molecule has 104 valence electrons. The van der Waals surface area contributed by atoms with Crippen LogP contribution in [-0.4, -0.2) is 26.8 Å². The van der Waals surface area contributed by atoms with E-state index in [4.69, 9.17) is 0 Å². The number of hydrogen-bond donors (Lipinski definition) is 2. The molecule has 0 spiro atoms. The highest BCUT2D eigenvalue weighted by Crippen LogP contribution is 2.14. The van der Waals surface area contributed by atoms with Gasteiger partial charge in [-0.1, -0.05) is 21.1 Å². The number of carbonyl (C=O) groups is 2. The maximum absolute atomic E-state index is 11.8. The largest absolute Gasteiger partial charge is 0.324 e. The van der Waals surface area contributed by atoms with Crippen molar-refractivity contribution in [3.05, 3.63) is 34.9 Å². The summed E-state index contributed by atoms with van der Waals surface area (Å²) in [6.07, 6.45) is 1.49. The number of amides is 2. The molecule has 0 saturated carbocycles. The topological polar surface area (TPSA) is 88.9 Å². The zero-order valence-corrected chi connectivity index (χ0v) is 12.2. The van der Waals surface area contributed by atoms with Crippen molar-refractivity contribution in [3.63, 3.8) is 0 Å². The van der Waals surface area contributed by atoms with Crippen LogP contribution in [0.2, 0.25) is 0 Å². The summed E-state index contributed by atoms with van der Waals surface area (Å²) in [7, 11) is 0. The van der Waals surface area contributed by atoms with E-state index in [1.54, 1.807) is 12.1 Å². The Hall–Kier alpha value is -2.22. The minimum Gasteiger partial charge on any atom is -0.324 e. The molecule has 0 saturated heterocycles. The van der Waals surface area contributed by atoms with Crippen LogP contribution >= 0.6 is 15.9 Å². The number of carbonyl (C=O) groups excluding carboxylic acids is 2. The van der Waals surface area contributed by atoms with Crippen LogP contribution in [0.5, 0.6) is 0 Å². The molecule has 2 N–H and O–H groups in total. The number of hydrogen-bond acceptors (Lipinski definition) is 4. The van der Waals surface area contributed by atoms with Crippen molar-refractivity contribution in [2.45, 2.75) is 13.5 Å². The lowest BCUT2D eigenvalue weighted by Gasteiger charge is -2.04. The predicted octanol–water partition coefficient (Wildman–Crippen LogP) is 1.64. The van der Waals surface area contributed by atoms with E-state index < -0.39 is 0 Å². The second-order valence-corrected chi connectivity index (χ2v) is 4.95. The molecule has 0 aliphatic carbocycles. The summed E-state index contributed by atoms with van der Waals surface area (Å²) in [6, 6.07) is 7.23. The van der Waals surface area contributed by atoms with E-state index >= 15 is 0 Å². The third-order valence-electron chi connectivity index (χ3n) is 2.28. The molecule has 8 heteroatoms. The number of anilines is 2. The number of aromatic nitrogens is 3. The van der Waals surface area contributed by atoms with Gasteiger partial charge in [-0.3, -0.25) is 9.59 Å². The zero-order valence-electron chi connectivity index (χ0n) is 10.6. The van der Waals surface area contributed by atoms with Crippen molar-refractivity contribution in [2.75, 3.05) is 10.6 Å². The molecule has 7 nitrogen and oxygen atoms in total. The van der Waals surface area contributed by atoms with Gasteiger partial charge in [-0.05, 0) is 24.3 Å². The Kier molecular flexibility index (Phi) is 4.46. The molecule has 0 atom stereocenters. The van der Waals surface area contributed by atoms with Gasteiger partial charge < -0.3 is 10.6 Å². The summed E-state index contributed by atoms with van der Waals surface area (Å²) in [5.41, 5.74) is 0.695. The second-order valence-electron chi connectivity index (χ2n) is 4.04. The Labute approximate surface area is 123 Å². The number of rotatable bonds is 4. The first kappa shape index (κ1) is 14.2. The van der Waals surface area contributed by atoms with Gasteiger partial charge in [0.2, 0.25) is 11.8 Å². The molecule has 1 aromatic heterocycles. The van der Waals surface area contributed by atoms with Gasteiger partial charge in [0.25, 0.3) is 0 Å². The van der Waals surface area contributed by atoms with E-state index in [9.17, 15) is 9.59 Å². The van der Waals surface area contributed by atoms with Gasteiger partial charge in [0.15, 0.2) is 5.82 Å². The Morgan fingerprint density at radius 3 is 2.60 bits per heavy atom. The number of halogens is 1. The fourth-order valence-corrected chi connectivity index (χ4v) is 1.76. The van der Waals surface area contributed by atoms with E-state index in [0.717, 1.165) is 4.47 Å². The fraction of sp³-hybridized carbons (Fsp3) is 0.167. The van der Waals surface area contributed by atoms with Crippen LogP contribution in [0.4, 0.5) is 11.5 Å². The summed E-state index contributed by atoms with van der Waals surface area (Å²) in [5, 5.41) is 12.7. The fourth-order valence-electron chi connectivity index (χ4n) is 1.49. The van der Waals surface area contributed by atoms with Crippen molar-refractivity contribution in [1.82, 2.24) is 15.0 Å². The molecule has 0 radical (unpaired) electrons. The highest BCUT2D eigenvalue weighted by atomic mass is 79.9. The highest BCUT2D eigenvalue weighted by Gasteiger charge is 2.07. The van der Waals surface area contributed by atoms with Gasteiger partial charge in [0.1, 0.15) is 6.54 Å². The number of benzene rings is 1. The average Bonchev–Trinajstić information content (AvgIpc) is 2.78. The first-order valence-electron chi connectivity index (χ1n) is 5.76. The first-order chi connectivity index (χ1) is 9.52. The zero-order chi connectivity index (χ0) is 14.5. The molecule has 0 unspecified atom stereocenters.